The van der Waals surface area contributed by atoms with E-state index in [1.165, 1.54) is 12.2 Å². The molecule has 0 spiro atoms. The minimum atomic E-state index is -1.000. The predicted molar refractivity (Wildman–Crippen MR) is 32.1 cm³/mol. The summed E-state index contributed by atoms with van der Waals surface area (Å²) in [5, 5.41) is 17.0. The summed E-state index contributed by atoms with van der Waals surface area (Å²) in [4.78, 5) is 10.6. The largest absolute Gasteiger partial charge is 0.388 e. The molecule has 2 N–H and O–H groups in total. The van der Waals surface area contributed by atoms with Crippen LogP contribution in [0, 0.1) is 0 Å². The van der Waals surface area contributed by atoms with E-state index in [-0.39, 0.29) is 0 Å². The molecule has 1 aliphatic heterocycles. The molecule has 4 nitrogen and oxygen atoms in total. The summed E-state index contributed by atoms with van der Waals surface area (Å²) in [5.74, 6) is -0.437. The highest BCUT2D eigenvalue weighted by Gasteiger charge is 2.22. The SMILES string of the molecule is O=C(CO)C1C=CC(O)O1. The number of ether oxygens (including phenoxy) is 1. The van der Waals surface area contributed by atoms with Crippen LogP contribution in [0.15, 0.2) is 12.2 Å². The van der Waals surface area contributed by atoms with Crippen LogP contribution in [0.5, 0.6) is 0 Å². The first-order valence-corrected chi connectivity index (χ1v) is 2.89. The summed E-state index contributed by atoms with van der Waals surface area (Å²) in [6.45, 7) is -0.554. The zero-order valence-corrected chi connectivity index (χ0v) is 5.23. The van der Waals surface area contributed by atoms with Gasteiger partial charge in [-0.25, -0.2) is 0 Å². The van der Waals surface area contributed by atoms with Crippen LogP contribution in [0.25, 0.3) is 0 Å². The van der Waals surface area contributed by atoms with Crippen molar-refractivity contribution in [2.75, 3.05) is 6.61 Å². The third kappa shape index (κ3) is 1.41. The lowest BCUT2D eigenvalue weighted by Crippen LogP contribution is -2.24. The summed E-state index contributed by atoms with van der Waals surface area (Å²) in [6.07, 6.45) is 1.02. The van der Waals surface area contributed by atoms with Gasteiger partial charge in [0.15, 0.2) is 12.1 Å². The number of carbonyl (C=O) groups excluding carboxylic acids is 1. The highest BCUT2D eigenvalue weighted by molar-refractivity contribution is 5.86. The molecule has 4 heteroatoms. The van der Waals surface area contributed by atoms with E-state index < -0.39 is 24.8 Å². The van der Waals surface area contributed by atoms with Gasteiger partial charge >= 0.3 is 0 Å². The van der Waals surface area contributed by atoms with Crippen LogP contribution in [0.3, 0.4) is 0 Å². The third-order valence-electron chi connectivity index (χ3n) is 1.21. The lowest BCUT2D eigenvalue weighted by molar-refractivity contribution is -0.140. The van der Waals surface area contributed by atoms with Crippen molar-refractivity contribution in [2.45, 2.75) is 12.4 Å². The van der Waals surface area contributed by atoms with Gasteiger partial charge in [0.2, 0.25) is 0 Å². The average molecular weight is 144 g/mol. The molecular formula is C6H8O4. The molecule has 56 valence electrons. The van der Waals surface area contributed by atoms with Crippen LogP contribution in [0.4, 0.5) is 0 Å². The van der Waals surface area contributed by atoms with E-state index >= 15 is 0 Å². The Morgan fingerprint density at radius 1 is 1.60 bits per heavy atom. The molecule has 2 atom stereocenters. The molecule has 1 aliphatic rings. The van der Waals surface area contributed by atoms with Crippen LogP contribution in [-0.2, 0) is 9.53 Å². The number of hydrogen-bond acceptors (Lipinski definition) is 4. The molecular weight excluding hydrogens is 136 g/mol. The quantitative estimate of drug-likeness (QED) is 0.479. The molecule has 1 rings (SSSR count). The van der Waals surface area contributed by atoms with Gasteiger partial charge in [0.05, 0.1) is 0 Å². The first-order valence-electron chi connectivity index (χ1n) is 2.89. The number of aliphatic hydroxyl groups excluding tert-OH is 2. The Hall–Kier alpha value is -0.710. The van der Waals surface area contributed by atoms with Gasteiger partial charge in [-0.2, -0.15) is 0 Å². The average Bonchev–Trinajstić information content (AvgIpc) is 2.34. The Bertz CT molecular complexity index is 163. The number of ketones is 1. The zero-order chi connectivity index (χ0) is 7.56. The first kappa shape index (κ1) is 7.40. The normalized spacial score (nSPS) is 31.0. The Balaban J connectivity index is 2.46. The molecule has 2 unspecified atom stereocenters. The summed E-state index contributed by atoms with van der Waals surface area (Å²) in [6, 6.07) is 0. The van der Waals surface area contributed by atoms with E-state index in [9.17, 15) is 4.79 Å². The fourth-order valence-electron chi connectivity index (χ4n) is 0.710. The predicted octanol–water partition coefficient (Wildman–Crippen LogP) is -1.18. The fraction of sp³-hybridized carbons (Fsp3) is 0.500. The standard InChI is InChI=1S/C6H8O4/c7-3-4(8)5-1-2-6(9)10-5/h1-2,5-7,9H,3H2. The summed E-state index contributed by atoms with van der Waals surface area (Å²) in [7, 11) is 0. The summed E-state index contributed by atoms with van der Waals surface area (Å²) < 4.78 is 4.65. The number of Topliss-reactive ketones (excluding diaryl/α,β-unsaturated/α-hetero) is 1. The van der Waals surface area contributed by atoms with E-state index in [0.717, 1.165) is 0 Å². The lowest BCUT2D eigenvalue weighted by atomic mass is 10.2. The van der Waals surface area contributed by atoms with Gasteiger partial charge in [0.25, 0.3) is 0 Å². The third-order valence-corrected chi connectivity index (χ3v) is 1.21. The zero-order valence-electron chi connectivity index (χ0n) is 5.23. The second-order valence-corrected chi connectivity index (χ2v) is 1.96. The van der Waals surface area contributed by atoms with Gasteiger partial charge in [-0.1, -0.05) is 0 Å². The number of rotatable bonds is 2. The molecule has 1 heterocycles. The van der Waals surface area contributed by atoms with Crippen molar-refractivity contribution in [3.8, 4) is 0 Å². The van der Waals surface area contributed by atoms with Crippen molar-refractivity contribution in [1.82, 2.24) is 0 Å². The van der Waals surface area contributed by atoms with E-state index in [0.29, 0.717) is 0 Å². The second-order valence-electron chi connectivity index (χ2n) is 1.96. The van der Waals surface area contributed by atoms with Crippen LogP contribution in [-0.4, -0.2) is 35.0 Å². The van der Waals surface area contributed by atoms with Crippen molar-refractivity contribution in [3.63, 3.8) is 0 Å². The molecule has 0 radical (unpaired) electrons. The number of hydrogen-bond donors (Lipinski definition) is 2. The van der Waals surface area contributed by atoms with Crippen molar-refractivity contribution in [1.29, 1.82) is 0 Å². The van der Waals surface area contributed by atoms with Gasteiger partial charge in [-0.05, 0) is 12.2 Å². The van der Waals surface area contributed by atoms with Crippen molar-refractivity contribution in [2.24, 2.45) is 0 Å². The van der Waals surface area contributed by atoms with Crippen molar-refractivity contribution >= 4 is 5.78 Å². The first-order chi connectivity index (χ1) is 4.74. The maximum atomic E-state index is 10.6. The maximum absolute atomic E-state index is 10.6. The summed E-state index contributed by atoms with van der Waals surface area (Å²) in [5.41, 5.74) is 0. The molecule has 0 amide bonds. The molecule has 0 saturated heterocycles. The van der Waals surface area contributed by atoms with E-state index in [1.54, 1.807) is 0 Å². The smallest absolute Gasteiger partial charge is 0.190 e. The van der Waals surface area contributed by atoms with Gasteiger partial charge in [-0.3, -0.25) is 4.79 Å². The second kappa shape index (κ2) is 2.92. The van der Waals surface area contributed by atoms with Gasteiger partial charge in [0, 0.05) is 0 Å². The van der Waals surface area contributed by atoms with Crippen LogP contribution < -0.4 is 0 Å². The molecule has 0 fully saturated rings. The van der Waals surface area contributed by atoms with Gasteiger partial charge < -0.3 is 14.9 Å². The van der Waals surface area contributed by atoms with E-state index in [4.69, 9.17) is 10.2 Å². The van der Waals surface area contributed by atoms with Crippen LogP contribution in [0.2, 0.25) is 0 Å². The highest BCUT2D eigenvalue weighted by atomic mass is 16.6. The van der Waals surface area contributed by atoms with Gasteiger partial charge in [0.1, 0.15) is 12.7 Å². The van der Waals surface area contributed by atoms with Crippen molar-refractivity contribution in [3.05, 3.63) is 12.2 Å². The Morgan fingerprint density at radius 2 is 2.30 bits per heavy atom. The Kier molecular flexibility index (Phi) is 2.16. The van der Waals surface area contributed by atoms with Gasteiger partial charge in [-0.15, -0.1) is 0 Å². The lowest BCUT2D eigenvalue weighted by Gasteiger charge is -2.06. The summed E-state index contributed by atoms with van der Waals surface area (Å²) >= 11 is 0. The topological polar surface area (TPSA) is 66.8 Å². The van der Waals surface area contributed by atoms with E-state index in [1.807, 2.05) is 0 Å². The molecule has 0 bridgehead atoms. The van der Waals surface area contributed by atoms with Crippen LogP contribution >= 0.6 is 0 Å². The Morgan fingerprint density at radius 3 is 2.70 bits per heavy atom. The number of aliphatic hydroxyl groups is 2. The fourth-order valence-corrected chi connectivity index (χ4v) is 0.710. The molecule has 0 aliphatic carbocycles. The number of carbonyl (C=O) groups is 1. The molecule has 0 aromatic carbocycles. The minimum absolute atomic E-state index is 0.437. The minimum Gasteiger partial charge on any atom is -0.388 e. The molecule has 0 saturated carbocycles. The Labute approximate surface area is 57.7 Å². The highest BCUT2D eigenvalue weighted by Crippen LogP contribution is 2.08. The van der Waals surface area contributed by atoms with Crippen molar-refractivity contribution < 1.29 is 19.7 Å². The molecule has 0 aromatic heterocycles. The maximum Gasteiger partial charge on any atom is 0.190 e. The monoisotopic (exact) mass is 144 g/mol. The van der Waals surface area contributed by atoms with Crippen LogP contribution in [0.1, 0.15) is 0 Å². The van der Waals surface area contributed by atoms with E-state index in [2.05, 4.69) is 4.74 Å². The molecule has 10 heavy (non-hydrogen) atoms. The molecule has 0 aromatic rings.